The van der Waals surface area contributed by atoms with Crippen LogP contribution in [0.15, 0.2) is 12.1 Å². The van der Waals surface area contributed by atoms with Gasteiger partial charge in [0.15, 0.2) is 0 Å². The van der Waals surface area contributed by atoms with Crippen molar-refractivity contribution in [3.8, 4) is 0 Å². The SMILES string of the molecule is CCCOCCCNC(=O)c1ccc(C)nc1C. The second-order valence-corrected chi connectivity index (χ2v) is 4.31. The third kappa shape index (κ3) is 4.84. The predicted octanol–water partition coefficient (Wildman–Crippen LogP) is 2.24. The Hall–Kier alpha value is -1.42. The fraction of sp³-hybridized carbons (Fsp3) is 0.571. The Morgan fingerprint density at radius 3 is 2.78 bits per heavy atom. The molecule has 1 heterocycles. The molecule has 1 aromatic rings. The zero-order chi connectivity index (χ0) is 13.4. The lowest BCUT2D eigenvalue weighted by Crippen LogP contribution is -2.26. The molecule has 0 unspecified atom stereocenters. The van der Waals surface area contributed by atoms with Gasteiger partial charge in [0, 0.05) is 25.5 Å². The number of rotatable bonds is 7. The van der Waals surface area contributed by atoms with Crippen LogP contribution in [0.5, 0.6) is 0 Å². The Morgan fingerprint density at radius 1 is 1.33 bits per heavy atom. The van der Waals surface area contributed by atoms with Crippen molar-refractivity contribution in [2.24, 2.45) is 0 Å². The monoisotopic (exact) mass is 250 g/mol. The van der Waals surface area contributed by atoms with E-state index in [2.05, 4.69) is 17.2 Å². The second-order valence-electron chi connectivity index (χ2n) is 4.31. The van der Waals surface area contributed by atoms with Gasteiger partial charge in [0.1, 0.15) is 0 Å². The van der Waals surface area contributed by atoms with Gasteiger partial charge in [0.25, 0.3) is 5.91 Å². The Morgan fingerprint density at radius 2 is 2.11 bits per heavy atom. The third-order valence-electron chi connectivity index (χ3n) is 2.57. The van der Waals surface area contributed by atoms with E-state index in [-0.39, 0.29) is 5.91 Å². The van der Waals surface area contributed by atoms with E-state index in [1.807, 2.05) is 26.0 Å². The fourth-order valence-corrected chi connectivity index (χ4v) is 1.64. The minimum atomic E-state index is -0.0597. The van der Waals surface area contributed by atoms with Gasteiger partial charge in [-0.15, -0.1) is 0 Å². The lowest BCUT2D eigenvalue weighted by atomic mass is 10.1. The molecule has 100 valence electrons. The number of pyridine rings is 1. The fourth-order valence-electron chi connectivity index (χ4n) is 1.64. The first-order valence-electron chi connectivity index (χ1n) is 6.45. The van der Waals surface area contributed by atoms with Gasteiger partial charge in [-0.1, -0.05) is 6.92 Å². The minimum Gasteiger partial charge on any atom is -0.381 e. The van der Waals surface area contributed by atoms with Crippen LogP contribution in [-0.2, 0) is 4.74 Å². The van der Waals surface area contributed by atoms with Crippen LogP contribution in [0.25, 0.3) is 0 Å². The summed E-state index contributed by atoms with van der Waals surface area (Å²) in [5.74, 6) is -0.0597. The lowest BCUT2D eigenvalue weighted by molar-refractivity contribution is 0.0940. The highest BCUT2D eigenvalue weighted by molar-refractivity contribution is 5.95. The van der Waals surface area contributed by atoms with Gasteiger partial charge in [0.05, 0.1) is 11.3 Å². The van der Waals surface area contributed by atoms with Gasteiger partial charge < -0.3 is 10.1 Å². The van der Waals surface area contributed by atoms with E-state index in [9.17, 15) is 4.79 Å². The Bertz CT molecular complexity index is 391. The number of amides is 1. The molecular formula is C14H22N2O2. The topological polar surface area (TPSA) is 51.2 Å². The van der Waals surface area contributed by atoms with Gasteiger partial charge in [0.2, 0.25) is 0 Å². The van der Waals surface area contributed by atoms with E-state index >= 15 is 0 Å². The van der Waals surface area contributed by atoms with Crippen molar-refractivity contribution in [1.29, 1.82) is 0 Å². The number of nitrogens with zero attached hydrogens (tertiary/aromatic N) is 1. The van der Waals surface area contributed by atoms with Crippen LogP contribution in [0.2, 0.25) is 0 Å². The molecule has 0 aromatic carbocycles. The number of aryl methyl sites for hydroxylation is 2. The van der Waals surface area contributed by atoms with Crippen LogP contribution in [0, 0.1) is 13.8 Å². The summed E-state index contributed by atoms with van der Waals surface area (Å²) in [6.45, 7) is 7.96. The van der Waals surface area contributed by atoms with Crippen LogP contribution >= 0.6 is 0 Å². The van der Waals surface area contributed by atoms with Crippen molar-refractivity contribution in [1.82, 2.24) is 10.3 Å². The van der Waals surface area contributed by atoms with Crippen LogP contribution in [0.1, 0.15) is 41.5 Å². The molecule has 0 saturated heterocycles. The van der Waals surface area contributed by atoms with Crippen molar-refractivity contribution in [2.75, 3.05) is 19.8 Å². The number of ether oxygens (including phenoxy) is 1. The largest absolute Gasteiger partial charge is 0.381 e. The molecule has 0 spiro atoms. The van der Waals surface area contributed by atoms with E-state index in [0.29, 0.717) is 18.7 Å². The summed E-state index contributed by atoms with van der Waals surface area (Å²) in [4.78, 5) is 16.2. The number of aromatic nitrogens is 1. The van der Waals surface area contributed by atoms with E-state index in [1.165, 1.54) is 0 Å². The summed E-state index contributed by atoms with van der Waals surface area (Å²) in [5.41, 5.74) is 2.35. The van der Waals surface area contributed by atoms with Gasteiger partial charge >= 0.3 is 0 Å². The molecule has 4 heteroatoms. The van der Waals surface area contributed by atoms with Crippen LogP contribution in [-0.4, -0.2) is 30.6 Å². The number of carbonyl (C=O) groups excluding carboxylic acids is 1. The molecule has 0 aliphatic carbocycles. The summed E-state index contributed by atoms with van der Waals surface area (Å²) in [6.07, 6.45) is 1.87. The van der Waals surface area contributed by atoms with Crippen molar-refractivity contribution >= 4 is 5.91 Å². The summed E-state index contributed by atoms with van der Waals surface area (Å²) in [5, 5.41) is 2.88. The zero-order valence-electron chi connectivity index (χ0n) is 11.5. The first kappa shape index (κ1) is 14.6. The quantitative estimate of drug-likeness (QED) is 0.755. The van der Waals surface area contributed by atoms with E-state index < -0.39 is 0 Å². The van der Waals surface area contributed by atoms with Crippen molar-refractivity contribution in [3.05, 3.63) is 29.1 Å². The van der Waals surface area contributed by atoms with Gasteiger partial charge in [-0.2, -0.15) is 0 Å². The van der Waals surface area contributed by atoms with E-state index in [4.69, 9.17) is 4.74 Å². The normalized spacial score (nSPS) is 10.4. The first-order chi connectivity index (χ1) is 8.65. The Balaban J connectivity index is 2.32. The maximum absolute atomic E-state index is 11.9. The standard InChI is InChI=1S/C14H22N2O2/c1-4-9-18-10-5-8-15-14(17)13-7-6-11(2)16-12(13)3/h6-7H,4-5,8-10H2,1-3H3,(H,15,17). The van der Waals surface area contributed by atoms with Crippen LogP contribution in [0.3, 0.4) is 0 Å². The lowest BCUT2D eigenvalue weighted by Gasteiger charge is -2.08. The maximum Gasteiger partial charge on any atom is 0.253 e. The number of carbonyl (C=O) groups is 1. The predicted molar refractivity (Wildman–Crippen MR) is 71.8 cm³/mol. The molecule has 0 saturated carbocycles. The molecule has 0 bridgehead atoms. The zero-order valence-corrected chi connectivity index (χ0v) is 11.5. The summed E-state index contributed by atoms with van der Waals surface area (Å²) >= 11 is 0. The molecule has 0 aliphatic heterocycles. The van der Waals surface area contributed by atoms with Gasteiger partial charge in [-0.25, -0.2) is 0 Å². The molecular weight excluding hydrogens is 228 g/mol. The van der Waals surface area contributed by atoms with E-state index in [0.717, 1.165) is 30.8 Å². The number of hydrogen-bond donors (Lipinski definition) is 1. The molecule has 1 N–H and O–H groups in total. The second kappa shape index (κ2) is 7.82. The summed E-state index contributed by atoms with van der Waals surface area (Å²) < 4.78 is 5.35. The maximum atomic E-state index is 11.9. The smallest absolute Gasteiger partial charge is 0.253 e. The molecule has 4 nitrogen and oxygen atoms in total. The highest BCUT2D eigenvalue weighted by Gasteiger charge is 2.08. The first-order valence-corrected chi connectivity index (χ1v) is 6.45. The molecule has 0 atom stereocenters. The molecule has 1 amide bonds. The molecule has 0 fully saturated rings. The molecule has 0 aliphatic rings. The third-order valence-corrected chi connectivity index (χ3v) is 2.57. The minimum absolute atomic E-state index is 0.0597. The number of hydrogen-bond acceptors (Lipinski definition) is 3. The molecule has 0 radical (unpaired) electrons. The molecule has 18 heavy (non-hydrogen) atoms. The van der Waals surface area contributed by atoms with Crippen molar-refractivity contribution < 1.29 is 9.53 Å². The average Bonchev–Trinajstić information content (AvgIpc) is 2.33. The summed E-state index contributed by atoms with van der Waals surface area (Å²) in [7, 11) is 0. The van der Waals surface area contributed by atoms with Gasteiger partial charge in [-0.05, 0) is 38.8 Å². The number of nitrogens with one attached hydrogen (secondary N) is 1. The van der Waals surface area contributed by atoms with Crippen molar-refractivity contribution in [2.45, 2.75) is 33.6 Å². The Labute approximate surface area is 109 Å². The molecule has 1 aromatic heterocycles. The average molecular weight is 250 g/mol. The summed E-state index contributed by atoms with van der Waals surface area (Å²) in [6, 6.07) is 3.67. The van der Waals surface area contributed by atoms with Crippen molar-refractivity contribution in [3.63, 3.8) is 0 Å². The van der Waals surface area contributed by atoms with Crippen LogP contribution < -0.4 is 5.32 Å². The van der Waals surface area contributed by atoms with Crippen LogP contribution in [0.4, 0.5) is 0 Å². The van der Waals surface area contributed by atoms with Gasteiger partial charge in [-0.3, -0.25) is 9.78 Å². The highest BCUT2D eigenvalue weighted by Crippen LogP contribution is 2.06. The highest BCUT2D eigenvalue weighted by atomic mass is 16.5. The van der Waals surface area contributed by atoms with E-state index in [1.54, 1.807) is 0 Å². The molecule has 1 rings (SSSR count). The Kier molecular flexibility index (Phi) is 6.36.